The Hall–Kier alpha value is -2.22. The fraction of sp³-hybridized carbons (Fsp3) is 0.526. The number of amides is 2. The van der Waals surface area contributed by atoms with E-state index in [9.17, 15) is 14.4 Å². The van der Waals surface area contributed by atoms with Crippen LogP contribution in [0.1, 0.15) is 32.3 Å². The van der Waals surface area contributed by atoms with Crippen LogP contribution in [0.4, 0.5) is 0 Å². The average Bonchev–Trinajstić information content (AvgIpc) is 3.16. The zero-order valence-corrected chi connectivity index (χ0v) is 16.5. The highest BCUT2D eigenvalue weighted by Gasteiger charge is 2.53. The van der Waals surface area contributed by atoms with Crippen LogP contribution >= 0.6 is 11.8 Å². The van der Waals surface area contributed by atoms with Gasteiger partial charge in [0.05, 0.1) is 12.0 Å². The van der Waals surface area contributed by atoms with E-state index in [1.165, 1.54) is 6.92 Å². The van der Waals surface area contributed by atoms with Crippen molar-refractivity contribution in [2.75, 3.05) is 12.9 Å². The molecule has 0 spiro atoms. The van der Waals surface area contributed by atoms with Gasteiger partial charge in [-0.25, -0.2) is 4.79 Å². The second-order valence-electron chi connectivity index (χ2n) is 6.91. The van der Waals surface area contributed by atoms with Gasteiger partial charge in [-0.15, -0.1) is 11.8 Å². The molecule has 0 saturated carbocycles. The molecule has 7 nitrogen and oxygen atoms in total. The SMILES string of the molecule is COc1ccc(CNC(=O)[C@H](C)OC(=O)[C@@H]2CS[C@@]3(C)CCC(=O)N23)cc1. The summed E-state index contributed by atoms with van der Waals surface area (Å²) in [5, 5.41) is 2.75. The van der Waals surface area contributed by atoms with E-state index < -0.39 is 18.1 Å². The molecule has 1 aromatic carbocycles. The van der Waals surface area contributed by atoms with Crippen LogP contribution in [0.15, 0.2) is 24.3 Å². The minimum atomic E-state index is -0.926. The molecule has 1 aromatic rings. The average molecular weight is 392 g/mol. The first-order valence-electron chi connectivity index (χ1n) is 8.91. The van der Waals surface area contributed by atoms with Gasteiger partial charge >= 0.3 is 5.97 Å². The quantitative estimate of drug-likeness (QED) is 0.742. The number of hydrogen-bond donors (Lipinski definition) is 1. The fourth-order valence-electron chi connectivity index (χ4n) is 3.38. The number of thioether (sulfide) groups is 1. The van der Waals surface area contributed by atoms with E-state index >= 15 is 0 Å². The molecule has 1 N–H and O–H groups in total. The van der Waals surface area contributed by atoms with Crippen molar-refractivity contribution in [3.8, 4) is 5.75 Å². The largest absolute Gasteiger partial charge is 0.497 e. The Morgan fingerprint density at radius 2 is 2.07 bits per heavy atom. The number of rotatable bonds is 6. The van der Waals surface area contributed by atoms with E-state index in [4.69, 9.17) is 9.47 Å². The predicted octanol–water partition coefficient (Wildman–Crippen LogP) is 1.70. The van der Waals surface area contributed by atoms with Crippen molar-refractivity contribution in [1.29, 1.82) is 0 Å². The summed E-state index contributed by atoms with van der Waals surface area (Å²) in [5.41, 5.74) is 0.910. The number of nitrogens with zero attached hydrogens (tertiary/aromatic N) is 1. The molecular formula is C19H24N2O5S. The monoisotopic (exact) mass is 392 g/mol. The van der Waals surface area contributed by atoms with Crippen molar-refractivity contribution < 1.29 is 23.9 Å². The van der Waals surface area contributed by atoms with E-state index in [1.807, 2.05) is 31.2 Å². The first-order chi connectivity index (χ1) is 12.8. The second-order valence-corrected chi connectivity index (χ2v) is 8.41. The van der Waals surface area contributed by atoms with E-state index in [1.54, 1.807) is 23.8 Å². The molecule has 2 heterocycles. The number of nitrogens with one attached hydrogen (secondary N) is 1. The molecule has 146 valence electrons. The van der Waals surface area contributed by atoms with Crippen molar-refractivity contribution in [3.05, 3.63) is 29.8 Å². The van der Waals surface area contributed by atoms with Gasteiger partial charge in [0.25, 0.3) is 5.91 Å². The molecular weight excluding hydrogens is 368 g/mol. The van der Waals surface area contributed by atoms with Gasteiger partial charge in [0.1, 0.15) is 11.8 Å². The van der Waals surface area contributed by atoms with E-state index in [-0.39, 0.29) is 16.7 Å². The number of hydrogen-bond acceptors (Lipinski definition) is 6. The van der Waals surface area contributed by atoms with Crippen LogP contribution in [0.25, 0.3) is 0 Å². The molecule has 0 aliphatic carbocycles. The molecule has 2 fully saturated rings. The maximum atomic E-state index is 12.5. The van der Waals surface area contributed by atoms with Crippen molar-refractivity contribution in [2.24, 2.45) is 0 Å². The number of carbonyl (C=O) groups excluding carboxylic acids is 3. The molecule has 3 rings (SSSR count). The van der Waals surface area contributed by atoms with E-state index in [0.29, 0.717) is 18.7 Å². The Bertz CT molecular complexity index is 738. The maximum absolute atomic E-state index is 12.5. The topological polar surface area (TPSA) is 84.9 Å². The highest BCUT2D eigenvalue weighted by molar-refractivity contribution is 8.01. The second kappa shape index (κ2) is 7.80. The summed E-state index contributed by atoms with van der Waals surface area (Å²) < 4.78 is 10.4. The molecule has 0 aromatic heterocycles. The van der Waals surface area contributed by atoms with Crippen molar-refractivity contribution in [2.45, 2.75) is 50.3 Å². The smallest absolute Gasteiger partial charge is 0.330 e. The third-order valence-electron chi connectivity index (χ3n) is 5.00. The van der Waals surface area contributed by atoms with Crippen LogP contribution in [-0.2, 0) is 25.7 Å². The van der Waals surface area contributed by atoms with Gasteiger partial charge in [0.2, 0.25) is 5.91 Å². The third-order valence-corrected chi connectivity index (χ3v) is 6.51. The molecule has 3 atom stereocenters. The van der Waals surface area contributed by atoms with Crippen molar-refractivity contribution in [1.82, 2.24) is 10.2 Å². The first-order valence-corrected chi connectivity index (χ1v) is 9.90. The molecule has 0 bridgehead atoms. The molecule has 0 radical (unpaired) electrons. The van der Waals surface area contributed by atoms with Gasteiger partial charge in [-0.2, -0.15) is 0 Å². The summed E-state index contributed by atoms with van der Waals surface area (Å²) in [4.78, 5) is 38.2. The summed E-state index contributed by atoms with van der Waals surface area (Å²) in [5.74, 6) is 0.321. The van der Waals surface area contributed by atoms with Gasteiger partial charge in [0.15, 0.2) is 6.10 Å². The normalized spacial score (nSPS) is 25.1. The van der Waals surface area contributed by atoms with Gasteiger partial charge < -0.3 is 19.7 Å². The molecule has 2 amide bonds. The van der Waals surface area contributed by atoms with Crippen LogP contribution < -0.4 is 10.1 Å². The fourth-order valence-corrected chi connectivity index (χ4v) is 4.79. The Labute approximate surface area is 162 Å². The summed E-state index contributed by atoms with van der Waals surface area (Å²) in [6.45, 7) is 3.84. The zero-order chi connectivity index (χ0) is 19.6. The number of ether oxygens (including phenoxy) is 2. The standard InChI is InChI=1S/C19H24N2O5S/c1-12(17(23)20-10-13-4-6-14(25-3)7-5-13)26-18(24)15-11-27-19(2)9-8-16(22)21(15)19/h4-7,12,15H,8-11H2,1-3H3,(H,20,23)/t12-,15-,19-/m0/s1. The van der Waals surface area contributed by atoms with Gasteiger partial charge in [-0.05, 0) is 38.0 Å². The van der Waals surface area contributed by atoms with Crippen LogP contribution in [0.5, 0.6) is 5.75 Å². The summed E-state index contributed by atoms with van der Waals surface area (Å²) in [6.07, 6.45) is 0.258. The number of fused-ring (bicyclic) bond motifs is 1. The molecule has 0 unspecified atom stereocenters. The predicted molar refractivity (Wildman–Crippen MR) is 101 cm³/mol. The van der Waals surface area contributed by atoms with Crippen LogP contribution in [0.3, 0.4) is 0 Å². The number of esters is 1. The maximum Gasteiger partial charge on any atom is 0.330 e. The van der Waals surface area contributed by atoms with Gasteiger partial charge in [-0.3, -0.25) is 9.59 Å². The molecule has 27 heavy (non-hydrogen) atoms. The molecule has 2 aliphatic rings. The summed E-state index contributed by atoms with van der Waals surface area (Å²) in [7, 11) is 1.59. The molecule has 8 heteroatoms. The Morgan fingerprint density at radius 3 is 2.74 bits per heavy atom. The molecule has 2 aliphatic heterocycles. The van der Waals surface area contributed by atoms with Crippen LogP contribution in [-0.4, -0.2) is 52.6 Å². The lowest BCUT2D eigenvalue weighted by Crippen LogP contribution is -2.48. The summed E-state index contributed by atoms with van der Waals surface area (Å²) >= 11 is 1.59. The number of carbonyl (C=O) groups is 3. The van der Waals surface area contributed by atoms with Crippen molar-refractivity contribution >= 4 is 29.5 Å². The van der Waals surface area contributed by atoms with Crippen molar-refractivity contribution in [3.63, 3.8) is 0 Å². The zero-order valence-electron chi connectivity index (χ0n) is 15.7. The minimum Gasteiger partial charge on any atom is -0.497 e. The van der Waals surface area contributed by atoms with Gasteiger partial charge in [0, 0.05) is 18.7 Å². The third kappa shape index (κ3) is 4.05. The minimum absolute atomic E-state index is 0.0268. The lowest BCUT2D eigenvalue weighted by Gasteiger charge is -2.29. The molecule has 2 saturated heterocycles. The Kier molecular flexibility index (Phi) is 5.64. The highest BCUT2D eigenvalue weighted by Crippen LogP contribution is 2.47. The number of benzene rings is 1. The van der Waals surface area contributed by atoms with Gasteiger partial charge in [-0.1, -0.05) is 12.1 Å². The van der Waals surface area contributed by atoms with E-state index in [0.717, 1.165) is 17.7 Å². The van der Waals surface area contributed by atoms with Crippen LogP contribution in [0.2, 0.25) is 0 Å². The first kappa shape index (κ1) is 19.5. The summed E-state index contributed by atoms with van der Waals surface area (Å²) in [6, 6.07) is 6.71. The lowest BCUT2D eigenvalue weighted by molar-refractivity contribution is -0.161. The lowest BCUT2D eigenvalue weighted by atomic mass is 10.2. The number of methoxy groups -OCH3 is 1. The van der Waals surface area contributed by atoms with Crippen LogP contribution in [0, 0.1) is 0 Å². The Morgan fingerprint density at radius 1 is 1.37 bits per heavy atom. The Balaban J connectivity index is 1.51. The highest BCUT2D eigenvalue weighted by atomic mass is 32.2. The van der Waals surface area contributed by atoms with E-state index in [2.05, 4.69) is 5.32 Å².